The predicted octanol–water partition coefficient (Wildman–Crippen LogP) is 3.91. The highest BCUT2D eigenvalue weighted by Gasteiger charge is 2.13. The zero-order valence-electron chi connectivity index (χ0n) is 13.9. The van der Waals surface area contributed by atoms with Crippen molar-refractivity contribution < 1.29 is 4.74 Å². The van der Waals surface area contributed by atoms with E-state index in [-0.39, 0.29) is 6.10 Å². The number of methoxy groups -OCH3 is 1. The van der Waals surface area contributed by atoms with Crippen LogP contribution in [0, 0.1) is 11.3 Å². The number of ether oxygens (including phenoxy) is 1. The zero-order valence-corrected chi connectivity index (χ0v) is 14.7. The van der Waals surface area contributed by atoms with E-state index in [4.69, 9.17) is 4.74 Å². The lowest BCUT2D eigenvalue weighted by Gasteiger charge is -2.20. The third kappa shape index (κ3) is 3.23. The van der Waals surface area contributed by atoms with Gasteiger partial charge in [0.15, 0.2) is 0 Å². The summed E-state index contributed by atoms with van der Waals surface area (Å²) in [6, 6.07) is 11.8. The minimum Gasteiger partial charge on any atom is -0.375 e. The summed E-state index contributed by atoms with van der Waals surface area (Å²) in [6.07, 6.45) is 0.000929. The van der Waals surface area contributed by atoms with Crippen molar-refractivity contribution in [2.24, 2.45) is 0 Å². The minimum atomic E-state index is 0.000929. The van der Waals surface area contributed by atoms with Gasteiger partial charge in [-0.05, 0) is 19.1 Å². The Morgan fingerprint density at radius 2 is 2.12 bits per heavy atom. The van der Waals surface area contributed by atoms with Crippen LogP contribution in [-0.2, 0) is 11.3 Å². The van der Waals surface area contributed by atoms with Crippen molar-refractivity contribution in [2.45, 2.75) is 19.6 Å². The summed E-state index contributed by atoms with van der Waals surface area (Å²) in [5, 5.41) is 13.3. The Kier molecular flexibility index (Phi) is 4.74. The molecule has 2 aromatic heterocycles. The molecule has 24 heavy (non-hydrogen) atoms. The SMILES string of the molecule is COC(C)c1nc(CN(C)c2cc(C#N)nc3ccccc23)cs1. The summed E-state index contributed by atoms with van der Waals surface area (Å²) < 4.78 is 5.32. The van der Waals surface area contributed by atoms with E-state index in [2.05, 4.69) is 26.3 Å². The third-order valence-corrected chi connectivity index (χ3v) is 4.94. The van der Waals surface area contributed by atoms with Crippen molar-refractivity contribution in [2.75, 3.05) is 19.1 Å². The first-order chi connectivity index (χ1) is 11.6. The van der Waals surface area contributed by atoms with Crippen LogP contribution in [0.25, 0.3) is 10.9 Å². The van der Waals surface area contributed by atoms with Gasteiger partial charge in [-0.1, -0.05) is 18.2 Å². The Hall–Kier alpha value is -2.49. The van der Waals surface area contributed by atoms with E-state index in [9.17, 15) is 5.26 Å². The van der Waals surface area contributed by atoms with Gasteiger partial charge in [0.25, 0.3) is 0 Å². The molecule has 0 radical (unpaired) electrons. The largest absolute Gasteiger partial charge is 0.375 e. The van der Waals surface area contributed by atoms with Crippen molar-refractivity contribution in [3.63, 3.8) is 0 Å². The van der Waals surface area contributed by atoms with Gasteiger partial charge >= 0.3 is 0 Å². The number of anilines is 1. The van der Waals surface area contributed by atoms with Gasteiger partial charge < -0.3 is 9.64 Å². The molecule has 0 aliphatic carbocycles. The molecular weight excluding hydrogens is 320 g/mol. The van der Waals surface area contributed by atoms with E-state index >= 15 is 0 Å². The molecule has 0 N–H and O–H groups in total. The van der Waals surface area contributed by atoms with Crippen LogP contribution in [0.15, 0.2) is 35.7 Å². The van der Waals surface area contributed by atoms with Crippen molar-refractivity contribution in [1.82, 2.24) is 9.97 Å². The molecule has 122 valence electrons. The minimum absolute atomic E-state index is 0.000929. The molecule has 0 saturated heterocycles. The molecule has 0 amide bonds. The predicted molar refractivity (Wildman–Crippen MR) is 96.1 cm³/mol. The Morgan fingerprint density at radius 3 is 2.88 bits per heavy atom. The van der Waals surface area contributed by atoms with Crippen molar-refractivity contribution in [1.29, 1.82) is 5.26 Å². The molecule has 6 heteroatoms. The molecule has 1 unspecified atom stereocenters. The Bertz CT molecular complexity index is 899. The van der Waals surface area contributed by atoms with Crippen LogP contribution in [-0.4, -0.2) is 24.1 Å². The second-order valence-corrected chi connectivity index (χ2v) is 6.46. The number of nitriles is 1. The zero-order chi connectivity index (χ0) is 17.1. The Labute approximate surface area is 145 Å². The van der Waals surface area contributed by atoms with Crippen LogP contribution < -0.4 is 4.90 Å². The van der Waals surface area contributed by atoms with Gasteiger partial charge in [-0.15, -0.1) is 11.3 Å². The summed E-state index contributed by atoms with van der Waals surface area (Å²) in [6.45, 7) is 2.65. The highest BCUT2D eigenvalue weighted by molar-refractivity contribution is 7.09. The second-order valence-electron chi connectivity index (χ2n) is 5.57. The average molecular weight is 338 g/mol. The maximum Gasteiger partial charge on any atom is 0.143 e. The van der Waals surface area contributed by atoms with E-state index in [0.29, 0.717) is 12.2 Å². The molecule has 1 aromatic carbocycles. The number of hydrogen-bond acceptors (Lipinski definition) is 6. The maximum absolute atomic E-state index is 9.23. The van der Waals surface area contributed by atoms with Gasteiger partial charge in [-0.25, -0.2) is 9.97 Å². The normalized spacial score (nSPS) is 12.1. The molecular formula is C18H18N4OS. The first kappa shape index (κ1) is 16.4. The molecule has 0 fully saturated rings. The maximum atomic E-state index is 9.23. The number of benzene rings is 1. The Morgan fingerprint density at radius 1 is 1.33 bits per heavy atom. The summed E-state index contributed by atoms with van der Waals surface area (Å²) in [4.78, 5) is 11.1. The highest BCUT2D eigenvalue weighted by Crippen LogP contribution is 2.28. The number of para-hydroxylation sites is 1. The molecule has 3 aromatic rings. The number of fused-ring (bicyclic) bond motifs is 1. The molecule has 0 aliphatic rings. The van der Waals surface area contributed by atoms with Crippen LogP contribution in [0.5, 0.6) is 0 Å². The van der Waals surface area contributed by atoms with Crippen molar-refractivity contribution >= 4 is 27.9 Å². The van der Waals surface area contributed by atoms with E-state index in [0.717, 1.165) is 27.3 Å². The summed E-state index contributed by atoms with van der Waals surface area (Å²) in [5.41, 5.74) is 3.21. The lowest BCUT2D eigenvalue weighted by Crippen LogP contribution is -2.17. The fourth-order valence-corrected chi connectivity index (χ4v) is 3.38. The first-order valence-electron chi connectivity index (χ1n) is 7.60. The lowest BCUT2D eigenvalue weighted by atomic mass is 10.1. The van der Waals surface area contributed by atoms with Gasteiger partial charge in [0, 0.05) is 30.6 Å². The average Bonchev–Trinajstić information content (AvgIpc) is 3.08. The summed E-state index contributed by atoms with van der Waals surface area (Å²) in [7, 11) is 3.69. The van der Waals surface area contributed by atoms with Crippen LogP contribution >= 0.6 is 11.3 Å². The summed E-state index contributed by atoms with van der Waals surface area (Å²) >= 11 is 1.60. The van der Waals surface area contributed by atoms with Gasteiger partial charge in [-0.3, -0.25) is 0 Å². The number of rotatable bonds is 5. The van der Waals surface area contributed by atoms with Crippen LogP contribution in [0.3, 0.4) is 0 Å². The lowest BCUT2D eigenvalue weighted by molar-refractivity contribution is 0.119. The third-order valence-electron chi connectivity index (χ3n) is 3.89. The molecule has 0 saturated carbocycles. The molecule has 0 bridgehead atoms. The van der Waals surface area contributed by atoms with Gasteiger partial charge in [0.05, 0.1) is 17.8 Å². The van der Waals surface area contributed by atoms with Gasteiger partial charge in [-0.2, -0.15) is 5.26 Å². The van der Waals surface area contributed by atoms with Crippen LogP contribution in [0.4, 0.5) is 5.69 Å². The number of thiazole rings is 1. The van der Waals surface area contributed by atoms with Crippen LogP contribution in [0.2, 0.25) is 0 Å². The molecule has 3 rings (SSSR count). The van der Waals surface area contributed by atoms with Crippen molar-refractivity contribution in [3.8, 4) is 6.07 Å². The van der Waals surface area contributed by atoms with E-state index in [1.807, 2.05) is 44.3 Å². The first-order valence-corrected chi connectivity index (χ1v) is 8.48. The van der Waals surface area contributed by atoms with E-state index < -0.39 is 0 Å². The van der Waals surface area contributed by atoms with Gasteiger partial charge in [0.1, 0.15) is 22.9 Å². The van der Waals surface area contributed by atoms with Crippen molar-refractivity contribution in [3.05, 3.63) is 52.1 Å². The summed E-state index contributed by atoms with van der Waals surface area (Å²) in [5.74, 6) is 0. The topological polar surface area (TPSA) is 62.0 Å². The molecule has 0 spiro atoms. The number of pyridine rings is 1. The van der Waals surface area contributed by atoms with E-state index in [1.54, 1.807) is 18.4 Å². The number of aromatic nitrogens is 2. The van der Waals surface area contributed by atoms with Crippen LogP contribution in [0.1, 0.15) is 29.4 Å². The molecule has 0 aliphatic heterocycles. The smallest absolute Gasteiger partial charge is 0.143 e. The Balaban J connectivity index is 1.92. The van der Waals surface area contributed by atoms with Gasteiger partial charge in [0.2, 0.25) is 0 Å². The number of hydrogen-bond donors (Lipinski definition) is 0. The fourth-order valence-electron chi connectivity index (χ4n) is 2.54. The second kappa shape index (κ2) is 6.95. The molecule has 5 nitrogen and oxygen atoms in total. The quantitative estimate of drug-likeness (QED) is 0.706. The molecule has 1 atom stereocenters. The standard InChI is InChI=1S/C18H18N4OS/c1-12(23-3)18-21-14(11-24-18)10-22(2)17-8-13(9-19)20-16-7-5-4-6-15(16)17/h4-8,11-12H,10H2,1-3H3. The fraction of sp³-hybridized carbons (Fsp3) is 0.278. The molecule has 2 heterocycles. The number of nitrogens with zero attached hydrogens (tertiary/aromatic N) is 4. The van der Waals surface area contributed by atoms with E-state index in [1.165, 1.54) is 0 Å². The monoisotopic (exact) mass is 338 g/mol. The highest BCUT2D eigenvalue weighted by atomic mass is 32.1.